The van der Waals surface area contributed by atoms with Gasteiger partial charge in [-0.3, -0.25) is 0 Å². The summed E-state index contributed by atoms with van der Waals surface area (Å²) >= 11 is 3.58. The molecule has 17 heavy (non-hydrogen) atoms. The summed E-state index contributed by atoms with van der Waals surface area (Å²) in [5, 5.41) is 0. The Balaban J connectivity index is 2.43. The predicted octanol–water partition coefficient (Wildman–Crippen LogP) is 4.24. The minimum Gasteiger partial charge on any atom is -0.398 e. The zero-order chi connectivity index (χ0) is 12.4. The van der Waals surface area contributed by atoms with Gasteiger partial charge in [0.15, 0.2) is 0 Å². The first kappa shape index (κ1) is 12.2. The second-order valence-corrected chi connectivity index (χ2v) is 5.20. The molecule has 0 aliphatic heterocycles. The first-order valence-corrected chi connectivity index (χ1v) is 6.47. The Morgan fingerprint density at radius 3 is 2.47 bits per heavy atom. The maximum absolute atomic E-state index is 6.07. The molecule has 0 saturated heterocycles. The second kappa shape index (κ2) is 4.92. The van der Waals surface area contributed by atoms with Crippen molar-refractivity contribution in [3.8, 4) is 0 Å². The number of hydrogen-bond acceptors (Lipinski definition) is 1. The van der Waals surface area contributed by atoms with Crippen molar-refractivity contribution in [1.82, 2.24) is 0 Å². The first-order valence-electron chi connectivity index (χ1n) is 5.67. The molecule has 2 rings (SSSR count). The summed E-state index contributed by atoms with van der Waals surface area (Å²) in [6, 6.07) is 12.4. The van der Waals surface area contributed by atoms with Crippen LogP contribution in [0, 0.1) is 13.8 Å². The van der Waals surface area contributed by atoms with E-state index in [1.165, 1.54) is 22.3 Å². The van der Waals surface area contributed by atoms with Gasteiger partial charge in [-0.2, -0.15) is 0 Å². The Kier molecular flexibility index (Phi) is 3.53. The fourth-order valence-electron chi connectivity index (χ4n) is 1.96. The van der Waals surface area contributed by atoms with E-state index in [2.05, 4.69) is 54.0 Å². The van der Waals surface area contributed by atoms with E-state index in [-0.39, 0.29) is 0 Å². The van der Waals surface area contributed by atoms with Crippen molar-refractivity contribution < 1.29 is 0 Å². The van der Waals surface area contributed by atoms with Gasteiger partial charge in [-0.15, -0.1) is 0 Å². The molecule has 2 aromatic carbocycles. The van der Waals surface area contributed by atoms with E-state index in [1.807, 2.05) is 12.1 Å². The lowest BCUT2D eigenvalue weighted by molar-refractivity contribution is 1.13. The van der Waals surface area contributed by atoms with Crippen LogP contribution in [0.15, 0.2) is 40.9 Å². The monoisotopic (exact) mass is 289 g/mol. The van der Waals surface area contributed by atoms with Crippen LogP contribution < -0.4 is 5.73 Å². The van der Waals surface area contributed by atoms with E-state index < -0.39 is 0 Å². The van der Waals surface area contributed by atoms with Gasteiger partial charge >= 0.3 is 0 Å². The smallest absolute Gasteiger partial charge is 0.0352 e. The molecule has 0 aromatic heterocycles. The molecule has 0 heterocycles. The molecule has 2 N–H and O–H groups in total. The normalized spacial score (nSPS) is 10.5. The molecule has 0 saturated carbocycles. The third-order valence-electron chi connectivity index (χ3n) is 3.23. The number of nitrogen functional groups attached to an aromatic ring is 1. The Labute approximate surface area is 111 Å². The van der Waals surface area contributed by atoms with Crippen LogP contribution in [-0.4, -0.2) is 0 Å². The van der Waals surface area contributed by atoms with Gasteiger partial charge in [0.05, 0.1) is 0 Å². The second-order valence-electron chi connectivity index (χ2n) is 4.34. The lowest BCUT2D eigenvalue weighted by atomic mass is 9.96. The van der Waals surface area contributed by atoms with Gasteiger partial charge in [-0.25, -0.2) is 0 Å². The molecular weight excluding hydrogens is 274 g/mol. The van der Waals surface area contributed by atoms with Crippen molar-refractivity contribution in [2.45, 2.75) is 20.3 Å². The molecule has 0 atom stereocenters. The Morgan fingerprint density at radius 2 is 1.76 bits per heavy atom. The first-order chi connectivity index (χ1) is 8.09. The van der Waals surface area contributed by atoms with Crippen LogP contribution in [0.2, 0.25) is 0 Å². The quantitative estimate of drug-likeness (QED) is 0.823. The average molecular weight is 290 g/mol. The lowest BCUT2D eigenvalue weighted by Crippen LogP contribution is -2.01. The van der Waals surface area contributed by atoms with Crippen molar-refractivity contribution >= 4 is 21.6 Å². The summed E-state index contributed by atoms with van der Waals surface area (Å²) in [5.74, 6) is 0. The van der Waals surface area contributed by atoms with E-state index in [0.29, 0.717) is 0 Å². The zero-order valence-electron chi connectivity index (χ0n) is 10.1. The molecular formula is C15H16BrN. The van der Waals surface area contributed by atoms with Crippen LogP contribution in [0.4, 0.5) is 5.69 Å². The number of halogens is 1. The van der Waals surface area contributed by atoms with E-state index in [1.54, 1.807) is 0 Å². The molecule has 88 valence electrons. The third-order valence-corrected chi connectivity index (χ3v) is 4.00. The summed E-state index contributed by atoms with van der Waals surface area (Å²) < 4.78 is 1.14. The fraction of sp³-hybridized carbons (Fsp3) is 0.200. The van der Waals surface area contributed by atoms with Crippen LogP contribution in [0.5, 0.6) is 0 Å². The zero-order valence-corrected chi connectivity index (χ0v) is 11.7. The number of anilines is 1. The lowest BCUT2D eigenvalue weighted by Gasteiger charge is -2.13. The standard InChI is InChI=1S/C15H16BrN/c1-10-7-8-15(17)13(11(10)2)9-12-5-3-4-6-14(12)16/h3-8H,9,17H2,1-2H3. The summed E-state index contributed by atoms with van der Waals surface area (Å²) in [7, 11) is 0. The van der Waals surface area contributed by atoms with E-state index >= 15 is 0 Å². The SMILES string of the molecule is Cc1ccc(N)c(Cc2ccccc2Br)c1C. The van der Waals surface area contributed by atoms with Gasteiger partial charge in [0.2, 0.25) is 0 Å². The molecule has 0 aliphatic rings. The van der Waals surface area contributed by atoms with Gasteiger partial charge in [0, 0.05) is 16.6 Å². The summed E-state index contributed by atoms with van der Waals surface area (Å²) in [6.07, 6.45) is 0.876. The Morgan fingerprint density at radius 1 is 1.06 bits per heavy atom. The van der Waals surface area contributed by atoms with Gasteiger partial charge in [0.1, 0.15) is 0 Å². The molecule has 0 spiro atoms. The molecule has 2 heteroatoms. The topological polar surface area (TPSA) is 26.0 Å². The number of hydrogen-bond donors (Lipinski definition) is 1. The molecule has 0 radical (unpaired) electrons. The minimum absolute atomic E-state index is 0.876. The van der Waals surface area contributed by atoms with Crippen LogP contribution in [0.3, 0.4) is 0 Å². The van der Waals surface area contributed by atoms with Crippen molar-refractivity contribution in [3.05, 3.63) is 63.1 Å². The molecule has 2 aromatic rings. The highest BCUT2D eigenvalue weighted by Gasteiger charge is 2.08. The largest absolute Gasteiger partial charge is 0.398 e. The summed E-state index contributed by atoms with van der Waals surface area (Å²) in [6.45, 7) is 4.26. The maximum Gasteiger partial charge on any atom is 0.0352 e. The van der Waals surface area contributed by atoms with Crippen molar-refractivity contribution in [2.75, 3.05) is 5.73 Å². The molecule has 0 amide bonds. The van der Waals surface area contributed by atoms with Crippen LogP contribution in [-0.2, 0) is 6.42 Å². The van der Waals surface area contributed by atoms with E-state index in [4.69, 9.17) is 5.73 Å². The van der Waals surface area contributed by atoms with Crippen LogP contribution >= 0.6 is 15.9 Å². The molecule has 0 fully saturated rings. The number of rotatable bonds is 2. The highest BCUT2D eigenvalue weighted by molar-refractivity contribution is 9.10. The van der Waals surface area contributed by atoms with Gasteiger partial charge in [0.25, 0.3) is 0 Å². The van der Waals surface area contributed by atoms with Gasteiger partial charge in [-0.05, 0) is 48.2 Å². The Bertz CT molecular complexity index is 547. The van der Waals surface area contributed by atoms with Crippen molar-refractivity contribution in [2.24, 2.45) is 0 Å². The third kappa shape index (κ3) is 2.52. The molecule has 0 bridgehead atoms. The predicted molar refractivity (Wildman–Crippen MR) is 77.3 cm³/mol. The fourth-order valence-corrected chi connectivity index (χ4v) is 2.39. The van der Waals surface area contributed by atoms with E-state index in [9.17, 15) is 0 Å². The van der Waals surface area contributed by atoms with Crippen LogP contribution in [0.25, 0.3) is 0 Å². The number of aryl methyl sites for hydroxylation is 1. The van der Waals surface area contributed by atoms with Crippen molar-refractivity contribution in [1.29, 1.82) is 0 Å². The van der Waals surface area contributed by atoms with Crippen LogP contribution in [0.1, 0.15) is 22.3 Å². The number of nitrogens with two attached hydrogens (primary N) is 1. The highest BCUT2D eigenvalue weighted by Crippen LogP contribution is 2.26. The minimum atomic E-state index is 0.876. The van der Waals surface area contributed by atoms with Crippen molar-refractivity contribution in [3.63, 3.8) is 0 Å². The van der Waals surface area contributed by atoms with Gasteiger partial charge < -0.3 is 5.73 Å². The molecule has 1 nitrogen and oxygen atoms in total. The highest BCUT2D eigenvalue weighted by atomic mass is 79.9. The summed E-state index contributed by atoms with van der Waals surface area (Å²) in [4.78, 5) is 0. The summed E-state index contributed by atoms with van der Waals surface area (Å²) in [5.41, 5.74) is 12.0. The van der Waals surface area contributed by atoms with Gasteiger partial charge in [-0.1, -0.05) is 40.2 Å². The molecule has 0 unspecified atom stereocenters. The van der Waals surface area contributed by atoms with E-state index in [0.717, 1.165) is 16.6 Å². The number of benzene rings is 2. The molecule has 0 aliphatic carbocycles. The maximum atomic E-state index is 6.07. The average Bonchev–Trinajstić information content (AvgIpc) is 2.32. The Hall–Kier alpha value is -1.28.